The van der Waals surface area contributed by atoms with Crippen molar-refractivity contribution in [1.82, 2.24) is 4.90 Å². The van der Waals surface area contributed by atoms with Crippen molar-refractivity contribution >= 4 is 0 Å². The lowest BCUT2D eigenvalue weighted by atomic mass is 9.74. The van der Waals surface area contributed by atoms with Crippen molar-refractivity contribution < 1.29 is 9.84 Å². The van der Waals surface area contributed by atoms with E-state index in [0.717, 1.165) is 19.6 Å². The number of hydrogen-bond donors (Lipinski definition) is 1. The van der Waals surface area contributed by atoms with E-state index in [1.165, 1.54) is 32.1 Å². The number of aliphatic hydroxyl groups is 1. The van der Waals surface area contributed by atoms with Crippen molar-refractivity contribution in [3.05, 3.63) is 0 Å². The topological polar surface area (TPSA) is 32.7 Å². The van der Waals surface area contributed by atoms with Gasteiger partial charge in [0, 0.05) is 31.7 Å². The van der Waals surface area contributed by atoms with Crippen molar-refractivity contribution in [2.24, 2.45) is 5.41 Å². The van der Waals surface area contributed by atoms with Crippen LogP contribution in [0, 0.1) is 5.41 Å². The second-order valence-electron chi connectivity index (χ2n) is 6.17. The maximum Gasteiger partial charge on any atom is 0.0678 e. The average molecular weight is 241 g/mol. The van der Waals surface area contributed by atoms with Crippen LogP contribution in [-0.2, 0) is 4.74 Å². The van der Waals surface area contributed by atoms with Gasteiger partial charge in [-0.15, -0.1) is 0 Å². The molecule has 0 spiro atoms. The van der Waals surface area contributed by atoms with Crippen molar-refractivity contribution in [2.45, 2.75) is 58.2 Å². The Bertz CT molecular complexity index is 228. The standard InChI is InChI=1S/C14H27NO2/c1-12-8-15(9-13(2)17-12)10-14(11-16)6-4-3-5-7-14/h12-13,16H,3-11H2,1-2H3/t12-,13+. The summed E-state index contributed by atoms with van der Waals surface area (Å²) in [6.45, 7) is 7.75. The fourth-order valence-corrected chi connectivity index (χ4v) is 3.56. The Labute approximate surface area is 105 Å². The predicted molar refractivity (Wildman–Crippen MR) is 69.1 cm³/mol. The zero-order valence-corrected chi connectivity index (χ0v) is 11.3. The lowest BCUT2D eigenvalue weighted by Gasteiger charge is -2.43. The predicted octanol–water partition coefficient (Wildman–Crippen LogP) is 2.04. The van der Waals surface area contributed by atoms with Crippen LogP contribution in [0.4, 0.5) is 0 Å². The van der Waals surface area contributed by atoms with E-state index in [1.54, 1.807) is 0 Å². The minimum absolute atomic E-state index is 0.176. The van der Waals surface area contributed by atoms with E-state index in [1.807, 2.05) is 0 Å². The monoisotopic (exact) mass is 241 g/mol. The largest absolute Gasteiger partial charge is 0.396 e. The Kier molecular flexibility index (Phi) is 4.45. The highest BCUT2D eigenvalue weighted by Gasteiger charge is 2.35. The first-order valence-corrected chi connectivity index (χ1v) is 7.12. The van der Waals surface area contributed by atoms with Gasteiger partial charge in [-0.25, -0.2) is 0 Å². The van der Waals surface area contributed by atoms with E-state index in [9.17, 15) is 5.11 Å². The van der Waals surface area contributed by atoms with E-state index in [0.29, 0.717) is 18.8 Å². The van der Waals surface area contributed by atoms with Crippen molar-refractivity contribution in [1.29, 1.82) is 0 Å². The molecule has 0 aromatic rings. The molecule has 1 saturated carbocycles. The van der Waals surface area contributed by atoms with Crippen LogP contribution in [0.3, 0.4) is 0 Å². The highest BCUT2D eigenvalue weighted by Crippen LogP contribution is 2.37. The summed E-state index contributed by atoms with van der Waals surface area (Å²) in [7, 11) is 0. The Hall–Kier alpha value is -0.120. The summed E-state index contributed by atoms with van der Waals surface area (Å²) in [5, 5.41) is 9.75. The zero-order chi connectivity index (χ0) is 12.3. The smallest absolute Gasteiger partial charge is 0.0678 e. The molecule has 0 aromatic carbocycles. The molecule has 3 nitrogen and oxygen atoms in total. The van der Waals surface area contributed by atoms with Crippen molar-refractivity contribution in [3.8, 4) is 0 Å². The van der Waals surface area contributed by atoms with Crippen LogP contribution in [0.2, 0.25) is 0 Å². The van der Waals surface area contributed by atoms with Crippen LogP contribution in [0.1, 0.15) is 46.0 Å². The molecule has 2 rings (SSSR count). The summed E-state index contributed by atoms with van der Waals surface area (Å²) < 4.78 is 5.77. The second kappa shape index (κ2) is 5.68. The van der Waals surface area contributed by atoms with E-state index >= 15 is 0 Å². The van der Waals surface area contributed by atoms with Gasteiger partial charge >= 0.3 is 0 Å². The fourth-order valence-electron chi connectivity index (χ4n) is 3.56. The summed E-state index contributed by atoms with van der Waals surface area (Å²) in [4.78, 5) is 2.50. The molecule has 0 amide bonds. The van der Waals surface area contributed by atoms with Gasteiger partial charge in [0.1, 0.15) is 0 Å². The first kappa shape index (κ1) is 13.3. The third-order valence-corrected chi connectivity index (χ3v) is 4.30. The number of aliphatic hydroxyl groups excluding tert-OH is 1. The molecule has 1 N–H and O–H groups in total. The second-order valence-corrected chi connectivity index (χ2v) is 6.17. The first-order valence-electron chi connectivity index (χ1n) is 7.12. The average Bonchev–Trinajstić information content (AvgIpc) is 2.29. The van der Waals surface area contributed by atoms with Gasteiger partial charge in [-0.3, -0.25) is 4.90 Å². The molecule has 0 unspecified atom stereocenters. The van der Waals surface area contributed by atoms with Gasteiger partial charge in [-0.05, 0) is 26.7 Å². The van der Waals surface area contributed by atoms with Gasteiger partial charge in [-0.1, -0.05) is 19.3 Å². The third kappa shape index (κ3) is 3.43. The molecule has 3 heteroatoms. The molecule has 1 heterocycles. The number of hydrogen-bond acceptors (Lipinski definition) is 3. The minimum Gasteiger partial charge on any atom is -0.396 e. The summed E-state index contributed by atoms with van der Waals surface area (Å²) in [6, 6.07) is 0. The zero-order valence-electron chi connectivity index (χ0n) is 11.3. The number of morpholine rings is 1. The molecule has 0 aromatic heterocycles. The van der Waals surface area contributed by atoms with E-state index in [4.69, 9.17) is 4.74 Å². The maximum atomic E-state index is 9.75. The number of nitrogens with zero attached hydrogens (tertiary/aromatic N) is 1. The van der Waals surface area contributed by atoms with Crippen LogP contribution < -0.4 is 0 Å². The van der Waals surface area contributed by atoms with Gasteiger partial charge in [0.2, 0.25) is 0 Å². The summed E-state index contributed by atoms with van der Waals surface area (Å²) in [6.07, 6.45) is 6.98. The van der Waals surface area contributed by atoms with Gasteiger partial charge in [-0.2, -0.15) is 0 Å². The van der Waals surface area contributed by atoms with Crippen LogP contribution in [0.15, 0.2) is 0 Å². The molecule has 2 fully saturated rings. The Morgan fingerprint density at radius 3 is 2.24 bits per heavy atom. The van der Waals surface area contributed by atoms with Crippen LogP contribution in [0.25, 0.3) is 0 Å². The molecule has 2 atom stereocenters. The summed E-state index contributed by atoms with van der Waals surface area (Å²) >= 11 is 0. The molecule has 1 saturated heterocycles. The van der Waals surface area contributed by atoms with Gasteiger partial charge in [0.25, 0.3) is 0 Å². The molecule has 2 aliphatic rings. The minimum atomic E-state index is 0.176. The summed E-state index contributed by atoms with van der Waals surface area (Å²) in [5.41, 5.74) is 0.176. The van der Waals surface area contributed by atoms with Crippen molar-refractivity contribution in [2.75, 3.05) is 26.2 Å². The lowest BCUT2D eigenvalue weighted by Crippen LogP contribution is -2.50. The first-order chi connectivity index (χ1) is 8.13. The highest BCUT2D eigenvalue weighted by molar-refractivity contribution is 4.87. The third-order valence-electron chi connectivity index (χ3n) is 4.30. The normalized spacial score (nSPS) is 34.8. The lowest BCUT2D eigenvalue weighted by molar-refractivity contribution is -0.0853. The maximum absolute atomic E-state index is 9.75. The quantitative estimate of drug-likeness (QED) is 0.821. The molecule has 100 valence electrons. The number of ether oxygens (including phenoxy) is 1. The molecule has 17 heavy (non-hydrogen) atoms. The number of rotatable bonds is 3. The SMILES string of the molecule is C[C@@H]1CN(CC2(CO)CCCCC2)C[C@H](C)O1. The molecular weight excluding hydrogens is 214 g/mol. The summed E-state index contributed by atoms with van der Waals surface area (Å²) in [5.74, 6) is 0. The Balaban J connectivity index is 1.93. The Morgan fingerprint density at radius 1 is 1.12 bits per heavy atom. The van der Waals surface area contributed by atoms with Gasteiger partial charge in [0.05, 0.1) is 12.2 Å². The van der Waals surface area contributed by atoms with E-state index < -0.39 is 0 Å². The molecule has 1 aliphatic heterocycles. The molecule has 1 aliphatic carbocycles. The van der Waals surface area contributed by atoms with Gasteiger partial charge in [0.15, 0.2) is 0 Å². The molecule has 0 bridgehead atoms. The highest BCUT2D eigenvalue weighted by atomic mass is 16.5. The van der Waals surface area contributed by atoms with E-state index in [2.05, 4.69) is 18.7 Å². The Morgan fingerprint density at radius 2 is 1.71 bits per heavy atom. The van der Waals surface area contributed by atoms with Crippen LogP contribution >= 0.6 is 0 Å². The molecular formula is C14H27NO2. The fraction of sp³-hybridized carbons (Fsp3) is 1.00. The van der Waals surface area contributed by atoms with Gasteiger partial charge < -0.3 is 9.84 Å². The molecule has 0 radical (unpaired) electrons. The van der Waals surface area contributed by atoms with E-state index in [-0.39, 0.29) is 5.41 Å². The van der Waals surface area contributed by atoms with Crippen LogP contribution in [-0.4, -0.2) is 48.5 Å². The van der Waals surface area contributed by atoms with Crippen LogP contribution in [0.5, 0.6) is 0 Å². The van der Waals surface area contributed by atoms with Crippen molar-refractivity contribution in [3.63, 3.8) is 0 Å².